The van der Waals surface area contributed by atoms with Crippen molar-refractivity contribution in [2.24, 2.45) is 4.99 Å². The van der Waals surface area contributed by atoms with E-state index in [2.05, 4.69) is 16.8 Å². The molecule has 0 spiro atoms. The van der Waals surface area contributed by atoms with Crippen LogP contribution in [-0.4, -0.2) is 39.1 Å². The molecule has 0 aliphatic carbocycles. The second-order valence-corrected chi connectivity index (χ2v) is 7.78. The first-order valence-corrected chi connectivity index (χ1v) is 9.96. The summed E-state index contributed by atoms with van der Waals surface area (Å²) in [6, 6.07) is 9.85. The van der Waals surface area contributed by atoms with Gasteiger partial charge in [0.1, 0.15) is 6.04 Å². The minimum Gasteiger partial charge on any atom is -0.503 e. The summed E-state index contributed by atoms with van der Waals surface area (Å²) in [4.78, 5) is 11.9. The third-order valence-electron chi connectivity index (χ3n) is 4.94. The van der Waals surface area contributed by atoms with Gasteiger partial charge in [-0.05, 0) is 36.2 Å². The van der Waals surface area contributed by atoms with E-state index in [1.807, 2.05) is 30.3 Å². The fraction of sp³-hybridized carbons (Fsp3) is 0.368. The van der Waals surface area contributed by atoms with Gasteiger partial charge < -0.3 is 14.7 Å². The lowest BCUT2D eigenvalue weighted by molar-refractivity contribution is 0.254. The normalized spacial score (nSPS) is 24.5. The average molecular weight is 390 g/mol. The number of methoxy groups -OCH3 is 1. The molecule has 0 amide bonds. The Labute approximate surface area is 162 Å². The number of aromatic nitrogens is 1. The number of rotatable bonds is 4. The fourth-order valence-corrected chi connectivity index (χ4v) is 5.19. The van der Waals surface area contributed by atoms with Gasteiger partial charge in [-0.3, -0.25) is 9.98 Å². The predicted molar refractivity (Wildman–Crippen MR) is 105 cm³/mol. The van der Waals surface area contributed by atoms with Crippen LogP contribution in [0.4, 0.5) is 0 Å². The molecular formula is C19H20ClN3O2S. The highest BCUT2D eigenvalue weighted by atomic mass is 35.5. The summed E-state index contributed by atoms with van der Waals surface area (Å²) in [5.41, 5.74) is 1.90. The number of phenolic OH excluding ortho intramolecular Hbond substituents is 1. The van der Waals surface area contributed by atoms with E-state index in [0.717, 1.165) is 28.6 Å². The lowest BCUT2D eigenvalue weighted by Crippen LogP contribution is -2.35. The third kappa shape index (κ3) is 2.81. The molecule has 2 aliphatic rings. The summed E-state index contributed by atoms with van der Waals surface area (Å²) in [7, 11) is 1.53. The van der Waals surface area contributed by atoms with Gasteiger partial charge in [0.25, 0.3) is 0 Å². The van der Waals surface area contributed by atoms with Gasteiger partial charge >= 0.3 is 0 Å². The van der Waals surface area contributed by atoms with Crippen molar-refractivity contribution < 1.29 is 9.84 Å². The molecule has 26 heavy (non-hydrogen) atoms. The number of benzene rings is 1. The maximum atomic E-state index is 10.1. The fourth-order valence-electron chi connectivity index (χ4n) is 3.63. The number of fused-ring (bicyclic) bond motifs is 1. The van der Waals surface area contributed by atoms with Crippen LogP contribution in [0.15, 0.2) is 41.5 Å². The summed E-state index contributed by atoms with van der Waals surface area (Å²) in [5, 5.41) is 11.5. The highest BCUT2D eigenvalue weighted by Gasteiger charge is 2.45. The van der Waals surface area contributed by atoms with Gasteiger partial charge in [0, 0.05) is 18.0 Å². The summed E-state index contributed by atoms with van der Waals surface area (Å²) < 4.78 is 5.32. The lowest BCUT2D eigenvalue weighted by Gasteiger charge is -2.32. The van der Waals surface area contributed by atoms with E-state index in [1.165, 1.54) is 7.11 Å². The van der Waals surface area contributed by atoms with Crippen molar-refractivity contribution in [1.82, 2.24) is 9.88 Å². The average Bonchev–Trinajstić information content (AvgIpc) is 3.23. The number of aromatic hydroxyl groups is 1. The number of hydrogen-bond acceptors (Lipinski definition) is 6. The predicted octanol–water partition coefficient (Wildman–Crippen LogP) is 4.43. The van der Waals surface area contributed by atoms with Gasteiger partial charge in [-0.1, -0.05) is 36.4 Å². The Bertz CT molecular complexity index is 846. The molecule has 2 aliphatic heterocycles. The van der Waals surface area contributed by atoms with E-state index in [-0.39, 0.29) is 22.9 Å². The maximum Gasteiger partial charge on any atom is 0.176 e. The highest BCUT2D eigenvalue weighted by molar-refractivity contribution is 8.14. The number of nitrogens with zero attached hydrogens (tertiary/aromatic N) is 3. The van der Waals surface area contributed by atoms with Crippen molar-refractivity contribution in [3.63, 3.8) is 0 Å². The molecule has 1 fully saturated rings. The second-order valence-electron chi connectivity index (χ2n) is 6.39. The molecule has 1 saturated heterocycles. The lowest BCUT2D eigenvalue weighted by atomic mass is 9.95. The van der Waals surface area contributed by atoms with E-state index in [0.29, 0.717) is 11.8 Å². The van der Waals surface area contributed by atoms with E-state index in [1.54, 1.807) is 18.0 Å². The van der Waals surface area contributed by atoms with Gasteiger partial charge in [-0.25, -0.2) is 0 Å². The molecule has 0 unspecified atom stereocenters. The molecule has 0 bridgehead atoms. The Morgan fingerprint density at radius 1 is 1.38 bits per heavy atom. The molecule has 136 valence electrons. The molecule has 0 radical (unpaired) electrons. The van der Waals surface area contributed by atoms with Crippen LogP contribution in [0.2, 0.25) is 5.02 Å². The number of pyridine rings is 1. The first-order valence-electron chi connectivity index (χ1n) is 8.60. The number of aliphatic imine (C=N–C) groups is 1. The Morgan fingerprint density at radius 3 is 2.92 bits per heavy atom. The maximum absolute atomic E-state index is 10.1. The molecule has 1 aromatic heterocycles. The molecule has 0 saturated carbocycles. The zero-order chi connectivity index (χ0) is 18.3. The molecule has 3 heterocycles. The number of thioether (sulfide) groups is 1. The van der Waals surface area contributed by atoms with Crippen molar-refractivity contribution in [3.8, 4) is 11.5 Å². The third-order valence-corrected chi connectivity index (χ3v) is 6.36. The molecular weight excluding hydrogens is 370 g/mol. The second kappa shape index (κ2) is 7.00. The van der Waals surface area contributed by atoms with E-state index >= 15 is 0 Å². The van der Waals surface area contributed by atoms with Crippen LogP contribution in [0.5, 0.6) is 11.5 Å². The number of amidine groups is 1. The van der Waals surface area contributed by atoms with Crippen LogP contribution < -0.4 is 4.74 Å². The van der Waals surface area contributed by atoms with Crippen molar-refractivity contribution in [2.75, 3.05) is 12.9 Å². The number of hydrogen-bond donors (Lipinski definition) is 1. The number of halogens is 1. The Morgan fingerprint density at radius 2 is 2.23 bits per heavy atom. The Balaban J connectivity index is 1.83. The SMILES string of the molecule is CC[C@@H]1CSC2=N[C@@H](c3ccccn3)[C@H](c3cc(Cl)c(O)c(OC)c3)N21. The number of ether oxygens (including phenoxy) is 1. The molecule has 3 atom stereocenters. The van der Waals surface area contributed by atoms with Gasteiger partial charge in [0.05, 0.1) is 23.9 Å². The monoisotopic (exact) mass is 389 g/mol. The first-order chi connectivity index (χ1) is 12.6. The first kappa shape index (κ1) is 17.5. The van der Waals surface area contributed by atoms with Crippen molar-refractivity contribution in [1.29, 1.82) is 0 Å². The summed E-state index contributed by atoms with van der Waals surface area (Å²) in [6.07, 6.45) is 2.84. The van der Waals surface area contributed by atoms with Gasteiger partial charge in [0.15, 0.2) is 16.7 Å². The van der Waals surface area contributed by atoms with Crippen LogP contribution >= 0.6 is 23.4 Å². The van der Waals surface area contributed by atoms with Crippen LogP contribution in [0.3, 0.4) is 0 Å². The van der Waals surface area contributed by atoms with Crippen molar-refractivity contribution in [2.45, 2.75) is 31.5 Å². The quantitative estimate of drug-likeness (QED) is 0.838. The standard InChI is InChI=1S/C19H20ClN3O2S/c1-3-12-10-26-19-22-16(14-6-4-5-7-21-14)17(23(12)19)11-8-13(20)18(24)15(9-11)25-2/h4-9,12,16-17,24H,3,10H2,1-2H3/t12-,16+,17+/m1/s1. The summed E-state index contributed by atoms with van der Waals surface area (Å²) >= 11 is 8.07. The minimum absolute atomic E-state index is 0.0214. The van der Waals surface area contributed by atoms with Gasteiger partial charge in [-0.2, -0.15) is 0 Å². The van der Waals surface area contributed by atoms with Crippen molar-refractivity contribution in [3.05, 3.63) is 52.8 Å². The molecule has 7 heteroatoms. The zero-order valence-corrected chi connectivity index (χ0v) is 16.2. The smallest absolute Gasteiger partial charge is 0.176 e. The zero-order valence-electron chi connectivity index (χ0n) is 14.6. The topological polar surface area (TPSA) is 58.0 Å². The highest BCUT2D eigenvalue weighted by Crippen LogP contribution is 2.50. The Hall–Kier alpha value is -1.92. The molecule has 1 aromatic carbocycles. The van der Waals surface area contributed by atoms with Gasteiger partial charge in [-0.15, -0.1) is 0 Å². The van der Waals surface area contributed by atoms with E-state index < -0.39 is 0 Å². The molecule has 1 N–H and O–H groups in total. The van der Waals surface area contributed by atoms with Crippen LogP contribution in [0, 0.1) is 0 Å². The summed E-state index contributed by atoms with van der Waals surface area (Å²) in [5.74, 6) is 1.37. The minimum atomic E-state index is -0.113. The largest absolute Gasteiger partial charge is 0.503 e. The molecule has 4 rings (SSSR count). The van der Waals surface area contributed by atoms with Crippen LogP contribution in [0.1, 0.15) is 36.7 Å². The van der Waals surface area contributed by atoms with E-state index in [9.17, 15) is 5.11 Å². The number of phenols is 1. The van der Waals surface area contributed by atoms with Crippen molar-refractivity contribution >= 4 is 28.5 Å². The molecule has 2 aromatic rings. The van der Waals surface area contributed by atoms with Crippen LogP contribution in [-0.2, 0) is 0 Å². The Kier molecular flexibility index (Phi) is 4.71. The van der Waals surface area contributed by atoms with E-state index in [4.69, 9.17) is 21.3 Å². The molecule has 5 nitrogen and oxygen atoms in total. The summed E-state index contributed by atoms with van der Waals surface area (Å²) in [6.45, 7) is 2.20. The van der Waals surface area contributed by atoms with Crippen LogP contribution in [0.25, 0.3) is 0 Å². The van der Waals surface area contributed by atoms with Gasteiger partial charge in [0.2, 0.25) is 0 Å².